The molecule has 0 aliphatic carbocycles. The van der Waals surface area contributed by atoms with Crippen molar-refractivity contribution in [3.05, 3.63) is 44.7 Å². The first-order valence-corrected chi connectivity index (χ1v) is 8.94. The van der Waals surface area contributed by atoms with E-state index in [1.807, 2.05) is 9.80 Å². The number of rotatable bonds is 0. The zero-order valence-electron chi connectivity index (χ0n) is 11.7. The molecule has 1 unspecified atom stereocenters. The van der Waals surface area contributed by atoms with Crippen LogP contribution in [0, 0.1) is 5.92 Å². The average molecular weight is 352 g/mol. The molecule has 4 aliphatic rings. The molecule has 0 fully saturated rings. The number of thiazole rings is 1. The van der Waals surface area contributed by atoms with Crippen LogP contribution in [-0.2, 0) is 6.54 Å². The molecule has 4 aliphatic heterocycles. The van der Waals surface area contributed by atoms with Gasteiger partial charge in [-0.1, -0.05) is 17.4 Å². The maximum absolute atomic E-state index is 12.9. The monoisotopic (exact) mass is 351 g/mol. The molecule has 4 nitrogen and oxygen atoms in total. The summed E-state index contributed by atoms with van der Waals surface area (Å²) in [5.74, 6) is 0.511. The second-order valence-electron chi connectivity index (χ2n) is 5.61. The van der Waals surface area contributed by atoms with Crippen molar-refractivity contribution >= 4 is 34.8 Å². The fourth-order valence-electron chi connectivity index (χ4n) is 3.47. The van der Waals surface area contributed by atoms with Gasteiger partial charge in [0.15, 0.2) is 12.7 Å². The summed E-state index contributed by atoms with van der Waals surface area (Å²) in [5.41, 5.74) is 2.20. The molecule has 5 heterocycles. The number of thioether (sulfide) groups is 1. The Balaban J connectivity index is 0.00000125. The predicted octanol–water partition coefficient (Wildman–Crippen LogP) is -0.376. The van der Waals surface area contributed by atoms with Crippen molar-refractivity contribution in [2.75, 3.05) is 13.1 Å². The summed E-state index contributed by atoms with van der Waals surface area (Å²) in [6.07, 6.45) is 7.66. The lowest BCUT2D eigenvalue weighted by Gasteiger charge is -2.40. The highest BCUT2D eigenvalue weighted by molar-refractivity contribution is 8.06. The van der Waals surface area contributed by atoms with Gasteiger partial charge in [0.2, 0.25) is 0 Å². The van der Waals surface area contributed by atoms with E-state index in [1.54, 1.807) is 23.1 Å². The number of allylic oxidation sites excluding steroid dienone is 3. The predicted molar refractivity (Wildman–Crippen MR) is 83.2 cm³/mol. The molecule has 0 saturated carbocycles. The van der Waals surface area contributed by atoms with Crippen LogP contribution >= 0.6 is 23.1 Å². The van der Waals surface area contributed by atoms with Gasteiger partial charge in [-0.2, -0.15) is 4.57 Å². The fourth-order valence-corrected chi connectivity index (χ4v) is 5.46. The van der Waals surface area contributed by atoms with E-state index in [4.69, 9.17) is 0 Å². The van der Waals surface area contributed by atoms with Crippen LogP contribution in [0.1, 0.15) is 11.4 Å². The molecule has 1 atom stereocenters. The Bertz CT molecular complexity index is 752. The number of urea groups is 1. The van der Waals surface area contributed by atoms with Crippen LogP contribution in [0.25, 0.3) is 5.70 Å². The van der Waals surface area contributed by atoms with E-state index in [2.05, 4.69) is 33.7 Å². The molecule has 22 heavy (non-hydrogen) atoms. The van der Waals surface area contributed by atoms with Crippen LogP contribution in [0.4, 0.5) is 4.79 Å². The third-order valence-corrected chi connectivity index (χ3v) is 6.52. The van der Waals surface area contributed by atoms with Crippen molar-refractivity contribution in [1.29, 1.82) is 0 Å². The second-order valence-corrected chi connectivity index (χ2v) is 7.45. The molecule has 114 valence electrons. The Morgan fingerprint density at radius 1 is 1.27 bits per heavy atom. The third-order valence-electron chi connectivity index (χ3n) is 4.54. The summed E-state index contributed by atoms with van der Waals surface area (Å²) in [6.45, 7) is 2.49. The average Bonchev–Trinajstić information content (AvgIpc) is 3.16. The van der Waals surface area contributed by atoms with Gasteiger partial charge in [0.05, 0.1) is 17.6 Å². The molecule has 1 aromatic heterocycles. The number of aromatic nitrogens is 1. The fraction of sp³-hybridized carbons (Fsp3) is 0.333. The summed E-state index contributed by atoms with van der Waals surface area (Å²) < 4.78 is 2.25. The Kier molecular flexibility index (Phi) is 3.36. The highest BCUT2D eigenvalue weighted by atomic mass is 35.5. The number of halogens is 1. The Morgan fingerprint density at radius 3 is 3.09 bits per heavy atom. The van der Waals surface area contributed by atoms with Gasteiger partial charge in [0.1, 0.15) is 5.70 Å². The SMILES string of the molecule is O=C1N2CC[n+]3ccsc3C2=CC2=C3SC=CC3CCN12.[Cl-]. The molecular formula is C15H14ClN3OS2. The number of nitrogens with zero attached hydrogens (tertiary/aromatic N) is 3. The number of carbonyl (C=O) groups is 1. The van der Waals surface area contributed by atoms with Crippen molar-refractivity contribution < 1.29 is 21.8 Å². The molecule has 5 rings (SSSR count). The molecule has 2 amide bonds. The van der Waals surface area contributed by atoms with E-state index in [0.717, 1.165) is 37.4 Å². The first kappa shape index (κ1) is 14.4. The molecule has 0 N–H and O–H groups in total. The van der Waals surface area contributed by atoms with Crippen LogP contribution in [0.5, 0.6) is 0 Å². The van der Waals surface area contributed by atoms with Crippen LogP contribution < -0.4 is 17.0 Å². The molecule has 0 aromatic carbocycles. The minimum Gasteiger partial charge on any atom is -1.00 e. The van der Waals surface area contributed by atoms with Gasteiger partial charge in [-0.05, 0) is 17.9 Å². The Morgan fingerprint density at radius 2 is 2.18 bits per heavy atom. The standard InChI is InChI=1S/C15H14N3OS2.ClH/c19-15-17-3-1-10-2-7-20-13(10)11(17)9-12-14-16(6-8-21-14)4-5-18(12)15;/h2,6-10H,1,3-5H2;1H/q+1;/p-1. The third kappa shape index (κ3) is 1.84. The van der Waals surface area contributed by atoms with Gasteiger partial charge in [-0.15, -0.1) is 11.8 Å². The lowest BCUT2D eigenvalue weighted by molar-refractivity contribution is -0.697. The van der Waals surface area contributed by atoms with Gasteiger partial charge >= 0.3 is 6.03 Å². The van der Waals surface area contributed by atoms with Crippen molar-refractivity contribution in [2.45, 2.75) is 13.0 Å². The zero-order valence-corrected chi connectivity index (χ0v) is 14.1. The van der Waals surface area contributed by atoms with Gasteiger partial charge in [0, 0.05) is 17.4 Å². The summed E-state index contributed by atoms with van der Waals surface area (Å²) in [5, 5.41) is 5.46. The van der Waals surface area contributed by atoms with E-state index in [0.29, 0.717) is 5.92 Å². The van der Waals surface area contributed by atoms with Crippen molar-refractivity contribution in [3.8, 4) is 0 Å². The van der Waals surface area contributed by atoms with Gasteiger partial charge in [-0.25, -0.2) is 4.79 Å². The largest absolute Gasteiger partial charge is 1.00 e. The first-order chi connectivity index (χ1) is 10.3. The van der Waals surface area contributed by atoms with E-state index >= 15 is 0 Å². The Labute approximate surface area is 143 Å². The minimum absolute atomic E-state index is 0. The lowest BCUT2D eigenvalue weighted by Crippen LogP contribution is -3.00. The molecule has 0 bridgehead atoms. The van der Waals surface area contributed by atoms with Crippen molar-refractivity contribution in [2.24, 2.45) is 5.92 Å². The number of carbonyl (C=O) groups excluding carboxylic acids is 1. The summed E-state index contributed by atoms with van der Waals surface area (Å²) >= 11 is 3.49. The van der Waals surface area contributed by atoms with E-state index in [1.165, 1.54) is 9.91 Å². The number of amides is 2. The maximum atomic E-state index is 12.9. The maximum Gasteiger partial charge on any atom is 0.329 e. The number of fused-ring (bicyclic) bond motifs is 5. The van der Waals surface area contributed by atoms with Gasteiger partial charge < -0.3 is 12.4 Å². The van der Waals surface area contributed by atoms with Crippen molar-refractivity contribution in [3.63, 3.8) is 0 Å². The Hall–Kier alpha value is -1.24. The molecule has 1 aromatic rings. The van der Waals surface area contributed by atoms with Crippen LogP contribution in [-0.4, -0.2) is 28.9 Å². The van der Waals surface area contributed by atoms with E-state index in [9.17, 15) is 4.79 Å². The highest BCUT2D eigenvalue weighted by Crippen LogP contribution is 2.45. The second kappa shape index (κ2) is 5.15. The minimum atomic E-state index is 0. The van der Waals surface area contributed by atoms with Gasteiger partial charge in [-0.3, -0.25) is 9.80 Å². The van der Waals surface area contributed by atoms with Crippen molar-refractivity contribution in [1.82, 2.24) is 9.80 Å². The highest BCUT2D eigenvalue weighted by Gasteiger charge is 2.42. The summed E-state index contributed by atoms with van der Waals surface area (Å²) in [6, 6.07) is 0.153. The first-order valence-electron chi connectivity index (χ1n) is 7.18. The van der Waals surface area contributed by atoms with Gasteiger partial charge in [0.25, 0.3) is 5.01 Å². The topological polar surface area (TPSA) is 27.4 Å². The molecular weight excluding hydrogens is 338 g/mol. The van der Waals surface area contributed by atoms with Crippen LogP contribution in [0.15, 0.2) is 39.7 Å². The smallest absolute Gasteiger partial charge is 0.329 e. The molecule has 0 spiro atoms. The molecule has 7 heteroatoms. The van der Waals surface area contributed by atoms with E-state index in [-0.39, 0.29) is 18.4 Å². The number of hydrogen-bond donors (Lipinski definition) is 0. The quantitative estimate of drug-likeness (QED) is 0.596. The van der Waals surface area contributed by atoms with Crippen LogP contribution in [0.2, 0.25) is 0 Å². The normalized spacial score (nSPS) is 25.2. The molecule has 0 radical (unpaired) electrons. The zero-order chi connectivity index (χ0) is 14.0. The molecule has 0 saturated heterocycles. The van der Waals surface area contributed by atoms with E-state index < -0.39 is 0 Å². The summed E-state index contributed by atoms with van der Waals surface area (Å²) in [7, 11) is 0. The number of hydrogen-bond acceptors (Lipinski definition) is 3. The summed E-state index contributed by atoms with van der Waals surface area (Å²) in [4.78, 5) is 18.1. The van der Waals surface area contributed by atoms with Crippen LogP contribution in [0.3, 0.4) is 0 Å². The lowest BCUT2D eigenvalue weighted by atomic mass is 9.97.